The number of carbonyl (C=O) groups excluding carboxylic acids is 1. The molecule has 1 unspecified atom stereocenters. The number of pyridine rings is 1. The van der Waals surface area contributed by atoms with Gasteiger partial charge >= 0.3 is 0 Å². The van der Waals surface area contributed by atoms with Crippen molar-refractivity contribution in [2.45, 2.75) is 39.2 Å². The molecular formula is C25H26N4O3. The van der Waals surface area contributed by atoms with Crippen LogP contribution in [-0.2, 0) is 6.54 Å². The monoisotopic (exact) mass is 430 g/mol. The van der Waals surface area contributed by atoms with Crippen molar-refractivity contribution in [2.24, 2.45) is 11.3 Å². The van der Waals surface area contributed by atoms with Gasteiger partial charge in [0, 0.05) is 42.3 Å². The van der Waals surface area contributed by atoms with Gasteiger partial charge in [0.25, 0.3) is 11.3 Å². The van der Waals surface area contributed by atoms with Crippen LogP contribution in [0.15, 0.2) is 35.9 Å². The zero-order valence-corrected chi connectivity index (χ0v) is 18.3. The Bertz CT molecular complexity index is 1240. The van der Waals surface area contributed by atoms with Crippen LogP contribution in [0.5, 0.6) is 5.75 Å². The molecule has 0 saturated heterocycles. The third kappa shape index (κ3) is 3.52. The van der Waals surface area contributed by atoms with Crippen LogP contribution in [0.3, 0.4) is 0 Å². The quantitative estimate of drug-likeness (QED) is 0.727. The lowest BCUT2D eigenvalue weighted by Gasteiger charge is -2.40. The number of fused-ring (bicyclic) bond motifs is 1. The second-order valence-electron chi connectivity index (χ2n) is 8.67. The van der Waals surface area contributed by atoms with E-state index in [2.05, 4.69) is 34.0 Å². The fraction of sp³-hybridized carbons (Fsp3) is 0.360. The second-order valence-corrected chi connectivity index (χ2v) is 8.67. The first-order valence-electron chi connectivity index (χ1n) is 10.7. The molecule has 0 radical (unpaired) electrons. The van der Waals surface area contributed by atoms with E-state index in [9.17, 15) is 14.7 Å². The van der Waals surface area contributed by atoms with Crippen LogP contribution >= 0.6 is 0 Å². The number of hydrogen-bond acceptors (Lipinski definition) is 5. The normalized spacial score (nSPS) is 19.1. The molecule has 1 atom stereocenters. The van der Waals surface area contributed by atoms with Gasteiger partial charge in [-0.05, 0) is 37.0 Å². The minimum absolute atomic E-state index is 0.0782. The molecule has 7 heteroatoms. The highest BCUT2D eigenvalue weighted by atomic mass is 16.3. The van der Waals surface area contributed by atoms with E-state index in [1.807, 2.05) is 19.2 Å². The summed E-state index contributed by atoms with van der Waals surface area (Å²) in [5.74, 6) is 1.60. The SMILES string of the molecule is C#CC1=CC(C2(Cn3cc(O)c(=O)c(C(=O)NC)n3)CCCC2)C(=C)c2ncc(C)cc21. The van der Waals surface area contributed by atoms with Gasteiger partial charge in [-0.3, -0.25) is 19.3 Å². The van der Waals surface area contributed by atoms with E-state index in [0.717, 1.165) is 53.7 Å². The predicted octanol–water partition coefficient (Wildman–Crippen LogP) is 2.93. The summed E-state index contributed by atoms with van der Waals surface area (Å²) in [6, 6.07) is 2.04. The highest BCUT2D eigenvalue weighted by molar-refractivity contribution is 5.92. The van der Waals surface area contributed by atoms with Crippen molar-refractivity contribution in [2.75, 3.05) is 7.05 Å². The zero-order chi connectivity index (χ0) is 23.0. The van der Waals surface area contributed by atoms with Crippen LogP contribution < -0.4 is 10.7 Å². The maximum absolute atomic E-state index is 12.2. The van der Waals surface area contributed by atoms with Gasteiger partial charge in [-0.25, -0.2) is 0 Å². The van der Waals surface area contributed by atoms with Crippen LogP contribution in [0, 0.1) is 30.6 Å². The van der Waals surface area contributed by atoms with Crippen molar-refractivity contribution in [3.8, 4) is 18.1 Å². The average Bonchev–Trinajstić information content (AvgIpc) is 3.25. The van der Waals surface area contributed by atoms with Crippen molar-refractivity contribution >= 4 is 17.1 Å². The van der Waals surface area contributed by atoms with Crippen molar-refractivity contribution in [1.82, 2.24) is 20.1 Å². The van der Waals surface area contributed by atoms with E-state index in [4.69, 9.17) is 6.42 Å². The average molecular weight is 431 g/mol. The highest BCUT2D eigenvalue weighted by Gasteiger charge is 2.44. The Morgan fingerprint density at radius 3 is 2.81 bits per heavy atom. The van der Waals surface area contributed by atoms with Gasteiger partial charge in [-0.2, -0.15) is 5.10 Å². The van der Waals surface area contributed by atoms with Crippen LogP contribution in [0.4, 0.5) is 0 Å². The molecule has 2 aromatic rings. The Labute approximate surface area is 186 Å². The van der Waals surface area contributed by atoms with E-state index in [-0.39, 0.29) is 17.0 Å². The van der Waals surface area contributed by atoms with Gasteiger partial charge in [0.2, 0.25) is 0 Å². The van der Waals surface area contributed by atoms with Crippen LogP contribution in [0.25, 0.3) is 11.1 Å². The number of nitrogens with zero attached hydrogens (tertiary/aromatic N) is 3. The zero-order valence-electron chi connectivity index (χ0n) is 18.3. The van der Waals surface area contributed by atoms with E-state index in [1.54, 1.807) is 0 Å². The van der Waals surface area contributed by atoms with E-state index < -0.39 is 17.1 Å². The van der Waals surface area contributed by atoms with Crippen molar-refractivity contribution in [1.29, 1.82) is 0 Å². The smallest absolute Gasteiger partial charge is 0.275 e. The van der Waals surface area contributed by atoms with Gasteiger partial charge in [0.1, 0.15) is 0 Å². The molecule has 7 nitrogen and oxygen atoms in total. The summed E-state index contributed by atoms with van der Waals surface area (Å²) >= 11 is 0. The first kappa shape index (κ1) is 21.6. The number of amides is 1. The molecule has 164 valence electrons. The molecule has 2 N–H and O–H groups in total. The molecule has 1 amide bonds. The van der Waals surface area contributed by atoms with Crippen LogP contribution in [0.1, 0.15) is 53.0 Å². The summed E-state index contributed by atoms with van der Waals surface area (Å²) in [7, 11) is 1.42. The Hall–Kier alpha value is -3.66. The number of allylic oxidation sites excluding steroid dienone is 3. The third-order valence-corrected chi connectivity index (χ3v) is 6.61. The fourth-order valence-electron chi connectivity index (χ4n) is 5.05. The molecule has 4 rings (SSSR count). The standard InChI is InChI=1S/C25H26N4O3/c1-5-17-11-19(16(3)21-18(17)10-15(2)12-27-21)25(8-6-7-9-25)14-29-13-20(30)23(31)22(28-29)24(32)26-4/h1,10-13,19,30H,3,6-9,14H2,2,4H3,(H,26,32). The van der Waals surface area contributed by atoms with Gasteiger partial charge in [-0.15, -0.1) is 6.42 Å². The molecule has 2 aliphatic rings. The highest BCUT2D eigenvalue weighted by Crippen LogP contribution is 2.53. The summed E-state index contributed by atoms with van der Waals surface area (Å²) in [4.78, 5) is 28.9. The van der Waals surface area contributed by atoms with Crippen LogP contribution in [0.2, 0.25) is 0 Å². The number of aryl methyl sites for hydroxylation is 1. The predicted molar refractivity (Wildman–Crippen MR) is 123 cm³/mol. The molecule has 1 saturated carbocycles. The Balaban J connectivity index is 1.80. The molecule has 1 fully saturated rings. The summed E-state index contributed by atoms with van der Waals surface area (Å²) in [6.45, 7) is 6.77. The van der Waals surface area contributed by atoms with Gasteiger partial charge in [-0.1, -0.05) is 31.4 Å². The number of nitrogens with one attached hydrogen (secondary N) is 1. The second kappa shape index (κ2) is 8.12. The summed E-state index contributed by atoms with van der Waals surface area (Å²) in [6.07, 6.45) is 14.9. The maximum Gasteiger partial charge on any atom is 0.275 e. The largest absolute Gasteiger partial charge is 0.503 e. The minimum Gasteiger partial charge on any atom is -0.503 e. The van der Waals surface area contributed by atoms with Gasteiger partial charge in [0.15, 0.2) is 11.4 Å². The van der Waals surface area contributed by atoms with E-state index in [1.165, 1.54) is 17.9 Å². The maximum atomic E-state index is 12.2. The molecule has 32 heavy (non-hydrogen) atoms. The number of terminal acetylenes is 1. The fourth-order valence-corrected chi connectivity index (χ4v) is 5.05. The first-order chi connectivity index (χ1) is 15.3. The Kier molecular flexibility index (Phi) is 5.47. The van der Waals surface area contributed by atoms with Crippen LogP contribution in [-0.4, -0.2) is 32.8 Å². The third-order valence-electron chi connectivity index (χ3n) is 6.61. The summed E-state index contributed by atoms with van der Waals surface area (Å²) < 4.78 is 1.50. The molecule has 2 aliphatic carbocycles. The number of hydrogen-bond donors (Lipinski definition) is 2. The summed E-state index contributed by atoms with van der Waals surface area (Å²) in [5.41, 5.74) is 3.06. The number of aromatic hydroxyl groups is 1. The lowest BCUT2D eigenvalue weighted by Crippen LogP contribution is -2.36. The minimum atomic E-state index is -0.786. The molecule has 0 spiro atoms. The van der Waals surface area contributed by atoms with E-state index in [0.29, 0.717) is 6.54 Å². The van der Waals surface area contributed by atoms with Gasteiger partial charge in [0.05, 0.1) is 11.9 Å². The molecular weight excluding hydrogens is 404 g/mol. The Morgan fingerprint density at radius 2 is 2.16 bits per heavy atom. The molecule has 0 aliphatic heterocycles. The topological polar surface area (TPSA) is 97.1 Å². The van der Waals surface area contributed by atoms with E-state index >= 15 is 0 Å². The molecule has 2 heterocycles. The lowest BCUT2D eigenvalue weighted by molar-refractivity contribution is 0.0951. The number of rotatable bonds is 4. The summed E-state index contributed by atoms with van der Waals surface area (Å²) in [5, 5.41) is 16.8. The number of aromatic nitrogens is 3. The lowest BCUT2D eigenvalue weighted by atomic mass is 9.66. The Morgan fingerprint density at radius 1 is 1.44 bits per heavy atom. The number of carbonyl (C=O) groups is 1. The van der Waals surface area contributed by atoms with Crippen molar-refractivity contribution in [3.05, 3.63) is 63.9 Å². The van der Waals surface area contributed by atoms with Gasteiger partial charge < -0.3 is 10.4 Å². The molecule has 0 aromatic carbocycles. The van der Waals surface area contributed by atoms with Crippen molar-refractivity contribution in [3.63, 3.8) is 0 Å². The van der Waals surface area contributed by atoms with Crippen molar-refractivity contribution < 1.29 is 9.90 Å². The molecule has 2 aromatic heterocycles. The first-order valence-corrected chi connectivity index (χ1v) is 10.7. The molecule has 0 bridgehead atoms.